The van der Waals surface area contributed by atoms with Gasteiger partial charge in [0.25, 0.3) is 0 Å². The van der Waals surface area contributed by atoms with Crippen molar-refractivity contribution in [1.82, 2.24) is 10.2 Å². The van der Waals surface area contributed by atoms with Crippen LogP contribution < -0.4 is 5.32 Å². The molecule has 2 rings (SSSR count). The van der Waals surface area contributed by atoms with Crippen LogP contribution in [-0.2, 0) is 0 Å². The van der Waals surface area contributed by atoms with Gasteiger partial charge in [0.15, 0.2) is 0 Å². The van der Waals surface area contributed by atoms with E-state index in [9.17, 15) is 5.11 Å². The number of likely N-dealkylation sites (N-methyl/N-ethyl adjacent to an activating group) is 1. The Morgan fingerprint density at radius 3 is 2.47 bits per heavy atom. The van der Waals surface area contributed by atoms with Crippen LogP contribution in [0.5, 0.6) is 0 Å². The minimum atomic E-state index is -0.00429. The van der Waals surface area contributed by atoms with Gasteiger partial charge in [-0.15, -0.1) is 0 Å². The van der Waals surface area contributed by atoms with Gasteiger partial charge in [0.1, 0.15) is 0 Å². The number of hydrogen-bond donors (Lipinski definition) is 2. The van der Waals surface area contributed by atoms with E-state index in [1.54, 1.807) is 0 Å². The number of rotatable bonds is 5. The van der Waals surface area contributed by atoms with E-state index in [4.69, 9.17) is 0 Å². The van der Waals surface area contributed by atoms with Crippen molar-refractivity contribution in [3.8, 4) is 0 Å². The van der Waals surface area contributed by atoms with Crippen molar-refractivity contribution < 1.29 is 5.11 Å². The van der Waals surface area contributed by atoms with E-state index in [2.05, 4.69) is 24.2 Å². The van der Waals surface area contributed by atoms with Crippen molar-refractivity contribution in [2.24, 2.45) is 0 Å². The molecular formula is C14H28N2O. The van der Waals surface area contributed by atoms with E-state index < -0.39 is 0 Å². The molecule has 2 atom stereocenters. The van der Waals surface area contributed by atoms with Crippen molar-refractivity contribution >= 4 is 0 Å². The number of nitrogens with one attached hydrogen (secondary N) is 1. The Morgan fingerprint density at radius 1 is 1.24 bits per heavy atom. The van der Waals surface area contributed by atoms with Crippen LogP contribution in [0.25, 0.3) is 0 Å². The van der Waals surface area contributed by atoms with Crippen molar-refractivity contribution in [1.29, 1.82) is 0 Å². The van der Waals surface area contributed by atoms with Gasteiger partial charge < -0.3 is 15.3 Å². The largest absolute Gasteiger partial charge is 0.394 e. The Hall–Kier alpha value is -0.120. The average Bonchev–Trinajstić information content (AvgIpc) is 2.27. The standard InChI is InChI=1S/C14H28N2O/c1-3-15-14(11-17)9-5-8-13(10-14)16(2)12-6-4-7-12/h12-13,15,17H,3-11H2,1-2H3. The fraction of sp³-hybridized carbons (Fsp3) is 1.00. The van der Waals surface area contributed by atoms with Crippen LogP contribution in [0.15, 0.2) is 0 Å². The second-order valence-electron chi connectivity index (χ2n) is 5.97. The molecule has 100 valence electrons. The zero-order valence-electron chi connectivity index (χ0n) is 11.4. The van der Waals surface area contributed by atoms with Gasteiger partial charge in [-0.05, 0) is 52.1 Å². The van der Waals surface area contributed by atoms with Crippen LogP contribution in [0.2, 0.25) is 0 Å². The van der Waals surface area contributed by atoms with Gasteiger partial charge >= 0.3 is 0 Å². The summed E-state index contributed by atoms with van der Waals surface area (Å²) in [5.74, 6) is 0. The molecule has 0 aromatic carbocycles. The lowest BCUT2D eigenvalue weighted by Gasteiger charge is -2.47. The van der Waals surface area contributed by atoms with E-state index in [0.717, 1.165) is 25.4 Å². The predicted molar refractivity (Wildman–Crippen MR) is 71.2 cm³/mol. The maximum Gasteiger partial charge on any atom is 0.0613 e. The molecule has 2 aliphatic rings. The zero-order valence-corrected chi connectivity index (χ0v) is 11.4. The molecule has 0 radical (unpaired) electrons. The highest BCUT2D eigenvalue weighted by molar-refractivity contribution is 4.97. The minimum Gasteiger partial charge on any atom is -0.394 e. The van der Waals surface area contributed by atoms with Crippen molar-refractivity contribution in [3.63, 3.8) is 0 Å². The Bertz CT molecular complexity index is 238. The molecule has 3 heteroatoms. The Kier molecular flexibility index (Phi) is 4.45. The van der Waals surface area contributed by atoms with Gasteiger partial charge in [-0.25, -0.2) is 0 Å². The first-order valence-electron chi connectivity index (χ1n) is 7.28. The molecule has 0 bridgehead atoms. The number of aliphatic hydroxyl groups excluding tert-OH is 1. The molecule has 0 heterocycles. The SMILES string of the molecule is CCNC1(CO)CCCC(N(C)C2CCC2)C1. The summed E-state index contributed by atoms with van der Waals surface area (Å²) in [7, 11) is 2.29. The molecule has 2 unspecified atom stereocenters. The summed E-state index contributed by atoms with van der Waals surface area (Å²) < 4.78 is 0. The fourth-order valence-corrected chi connectivity index (χ4v) is 3.51. The summed E-state index contributed by atoms with van der Waals surface area (Å²) >= 11 is 0. The molecule has 2 N–H and O–H groups in total. The lowest BCUT2D eigenvalue weighted by atomic mass is 9.77. The van der Waals surface area contributed by atoms with E-state index in [-0.39, 0.29) is 12.1 Å². The molecule has 2 aliphatic carbocycles. The molecule has 0 saturated heterocycles. The zero-order chi connectivity index (χ0) is 12.3. The molecule has 0 aromatic rings. The highest BCUT2D eigenvalue weighted by Crippen LogP contribution is 2.34. The molecule has 0 amide bonds. The van der Waals surface area contributed by atoms with Crippen molar-refractivity contribution in [2.45, 2.75) is 69.5 Å². The molecular weight excluding hydrogens is 212 g/mol. The third kappa shape index (κ3) is 2.83. The number of nitrogens with zero attached hydrogens (tertiary/aromatic N) is 1. The maximum absolute atomic E-state index is 9.70. The first-order valence-corrected chi connectivity index (χ1v) is 7.28. The minimum absolute atomic E-state index is 0.00429. The van der Waals surface area contributed by atoms with Crippen molar-refractivity contribution in [2.75, 3.05) is 20.2 Å². The van der Waals surface area contributed by atoms with Gasteiger partial charge in [0.05, 0.1) is 6.61 Å². The summed E-state index contributed by atoms with van der Waals surface area (Å²) in [5, 5.41) is 13.2. The second kappa shape index (κ2) is 5.68. The summed E-state index contributed by atoms with van der Waals surface area (Å²) in [6.45, 7) is 3.38. The quantitative estimate of drug-likeness (QED) is 0.768. The molecule has 17 heavy (non-hydrogen) atoms. The summed E-state index contributed by atoms with van der Waals surface area (Å²) in [6, 6.07) is 1.48. The first kappa shape index (κ1) is 13.3. The monoisotopic (exact) mass is 240 g/mol. The number of aliphatic hydroxyl groups is 1. The fourth-order valence-electron chi connectivity index (χ4n) is 3.51. The topological polar surface area (TPSA) is 35.5 Å². The van der Waals surface area contributed by atoms with E-state index in [1.165, 1.54) is 32.1 Å². The van der Waals surface area contributed by atoms with Crippen LogP contribution in [0.3, 0.4) is 0 Å². The van der Waals surface area contributed by atoms with Crippen LogP contribution in [-0.4, -0.2) is 47.8 Å². The molecule has 0 aliphatic heterocycles. The predicted octanol–water partition coefficient (Wildman–Crippen LogP) is 1.75. The lowest BCUT2D eigenvalue weighted by Crippen LogP contribution is -2.57. The molecule has 0 aromatic heterocycles. The summed E-state index contributed by atoms with van der Waals surface area (Å²) in [5.41, 5.74) is -0.00429. The van der Waals surface area contributed by atoms with Gasteiger partial charge in [0, 0.05) is 17.6 Å². The highest BCUT2D eigenvalue weighted by atomic mass is 16.3. The highest BCUT2D eigenvalue weighted by Gasteiger charge is 2.38. The molecule has 2 fully saturated rings. The molecule has 0 spiro atoms. The summed E-state index contributed by atoms with van der Waals surface area (Å²) in [4.78, 5) is 2.59. The van der Waals surface area contributed by atoms with Crippen LogP contribution in [0, 0.1) is 0 Å². The van der Waals surface area contributed by atoms with Gasteiger partial charge in [0.2, 0.25) is 0 Å². The van der Waals surface area contributed by atoms with Gasteiger partial charge in [-0.3, -0.25) is 0 Å². The van der Waals surface area contributed by atoms with Crippen molar-refractivity contribution in [3.05, 3.63) is 0 Å². The summed E-state index contributed by atoms with van der Waals surface area (Å²) in [6.07, 6.45) is 8.95. The first-order chi connectivity index (χ1) is 8.21. The maximum atomic E-state index is 9.70. The molecule has 2 saturated carbocycles. The Morgan fingerprint density at radius 2 is 1.94 bits per heavy atom. The van der Waals surface area contributed by atoms with Gasteiger partial charge in [-0.1, -0.05) is 13.3 Å². The number of hydrogen-bond acceptors (Lipinski definition) is 3. The van der Waals surface area contributed by atoms with Crippen LogP contribution in [0.1, 0.15) is 51.9 Å². The molecule has 3 nitrogen and oxygen atoms in total. The van der Waals surface area contributed by atoms with E-state index in [1.807, 2.05) is 0 Å². The van der Waals surface area contributed by atoms with E-state index >= 15 is 0 Å². The van der Waals surface area contributed by atoms with Crippen LogP contribution >= 0.6 is 0 Å². The van der Waals surface area contributed by atoms with E-state index in [0.29, 0.717) is 6.04 Å². The Balaban J connectivity index is 1.94. The normalized spacial score (nSPS) is 34.9. The second-order valence-corrected chi connectivity index (χ2v) is 5.97. The van der Waals surface area contributed by atoms with Gasteiger partial charge in [-0.2, -0.15) is 0 Å². The smallest absolute Gasteiger partial charge is 0.0613 e. The third-order valence-corrected chi connectivity index (χ3v) is 4.90. The Labute approximate surface area is 106 Å². The van der Waals surface area contributed by atoms with Crippen LogP contribution in [0.4, 0.5) is 0 Å². The third-order valence-electron chi connectivity index (χ3n) is 4.90. The lowest BCUT2D eigenvalue weighted by molar-refractivity contribution is 0.0341. The average molecular weight is 240 g/mol.